The number of methoxy groups -OCH3 is 1. The molecule has 0 atom stereocenters. The Hall–Kier alpha value is -1.13. The van der Waals surface area contributed by atoms with E-state index in [1.807, 2.05) is 36.4 Å². The van der Waals surface area contributed by atoms with Gasteiger partial charge in [-0.05, 0) is 30.6 Å². The molecule has 2 rings (SSSR count). The Morgan fingerprint density at radius 3 is 1.77 bits per heavy atom. The van der Waals surface area contributed by atoms with Gasteiger partial charge >= 0.3 is 7.63 Å². The predicted molar refractivity (Wildman–Crippen MR) is 95.4 cm³/mol. The van der Waals surface area contributed by atoms with Gasteiger partial charge in [0.05, 0.1) is 5.60 Å². The Bertz CT molecular complexity index is 533. The molecular weight excluding hydrogens is 312 g/mol. The summed E-state index contributed by atoms with van der Waals surface area (Å²) in [5, 5.41) is 2.13. The molecule has 0 saturated carbocycles. The summed E-state index contributed by atoms with van der Waals surface area (Å²) >= 11 is 7.13. The molecule has 0 amide bonds. The molecule has 2 nitrogen and oxygen atoms in total. The molecule has 0 fully saturated rings. The van der Waals surface area contributed by atoms with Gasteiger partial charge in [-0.2, -0.15) is 0 Å². The number of hydrogen-bond donors (Lipinski definition) is 0. The lowest BCUT2D eigenvalue weighted by Gasteiger charge is -2.35. The van der Waals surface area contributed by atoms with Crippen molar-refractivity contribution in [2.75, 3.05) is 13.7 Å². The molecular formula is C18H23ClO2Si. The van der Waals surface area contributed by atoms with Crippen LogP contribution in [0.2, 0.25) is 0 Å². The minimum Gasteiger partial charge on any atom is -0.391 e. The zero-order chi connectivity index (χ0) is 16.1. The molecule has 0 spiro atoms. The molecule has 0 aromatic heterocycles. The first-order valence-electron chi connectivity index (χ1n) is 7.47. The summed E-state index contributed by atoms with van der Waals surface area (Å²) in [5.74, 6) is 0. The lowest BCUT2D eigenvalue weighted by atomic mass is 10.1. The van der Waals surface area contributed by atoms with Gasteiger partial charge in [-0.25, -0.2) is 0 Å². The smallest absolute Gasteiger partial charge is 0.355 e. The minimum absolute atomic E-state index is 0.352. The van der Waals surface area contributed by atoms with Crippen molar-refractivity contribution in [1.29, 1.82) is 0 Å². The molecule has 0 heterocycles. The van der Waals surface area contributed by atoms with Crippen molar-refractivity contribution >= 4 is 29.1 Å². The Kier molecular flexibility index (Phi) is 5.81. The van der Waals surface area contributed by atoms with E-state index in [4.69, 9.17) is 20.2 Å². The zero-order valence-electron chi connectivity index (χ0n) is 13.4. The standard InChI is InChI=1S/C18H23ClO2Si/c1-18(2,14-15-20-3)21-22(19,16-10-6-4-7-11-16)17-12-8-5-9-13-17/h4-13H,14-15H2,1-3H3. The van der Waals surface area contributed by atoms with Crippen LogP contribution in [0.25, 0.3) is 0 Å². The highest BCUT2D eigenvalue weighted by atomic mass is 35.6. The van der Waals surface area contributed by atoms with Gasteiger partial charge in [-0.3, -0.25) is 0 Å². The van der Waals surface area contributed by atoms with E-state index in [1.165, 1.54) is 0 Å². The summed E-state index contributed by atoms with van der Waals surface area (Å²) in [6, 6.07) is 20.2. The number of rotatable bonds is 7. The third kappa shape index (κ3) is 4.20. The third-order valence-corrected chi connectivity index (χ3v) is 8.14. The average Bonchev–Trinajstić information content (AvgIpc) is 2.54. The summed E-state index contributed by atoms with van der Waals surface area (Å²) in [7, 11) is -1.07. The topological polar surface area (TPSA) is 18.5 Å². The molecule has 0 aliphatic carbocycles. The van der Waals surface area contributed by atoms with Gasteiger partial charge in [0.2, 0.25) is 0 Å². The monoisotopic (exact) mass is 334 g/mol. The van der Waals surface area contributed by atoms with Gasteiger partial charge in [0.1, 0.15) is 0 Å². The summed E-state index contributed by atoms with van der Waals surface area (Å²) in [6.07, 6.45) is 0.796. The first-order chi connectivity index (χ1) is 10.5. The summed E-state index contributed by atoms with van der Waals surface area (Å²) in [5.41, 5.74) is -0.352. The first kappa shape index (κ1) is 17.2. The maximum absolute atomic E-state index is 7.13. The second kappa shape index (κ2) is 7.42. The van der Waals surface area contributed by atoms with E-state index in [1.54, 1.807) is 7.11 Å². The molecule has 4 heteroatoms. The predicted octanol–water partition coefficient (Wildman–Crippen LogP) is 3.31. The fourth-order valence-electron chi connectivity index (χ4n) is 2.37. The van der Waals surface area contributed by atoms with Crippen LogP contribution in [0.3, 0.4) is 0 Å². The molecule has 0 aliphatic rings. The van der Waals surface area contributed by atoms with E-state index in [-0.39, 0.29) is 5.60 Å². The highest BCUT2D eigenvalue weighted by Crippen LogP contribution is 2.24. The lowest BCUT2D eigenvalue weighted by Crippen LogP contribution is -2.60. The molecule has 0 bridgehead atoms. The lowest BCUT2D eigenvalue weighted by molar-refractivity contribution is 0.0628. The van der Waals surface area contributed by atoms with Crippen LogP contribution in [-0.2, 0) is 9.16 Å². The van der Waals surface area contributed by atoms with Crippen molar-refractivity contribution in [3.63, 3.8) is 0 Å². The molecule has 22 heavy (non-hydrogen) atoms. The fourth-order valence-corrected chi connectivity index (χ4v) is 6.43. The van der Waals surface area contributed by atoms with Gasteiger partial charge in [0.25, 0.3) is 0 Å². The van der Waals surface area contributed by atoms with Gasteiger partial charge in [0, 0.05) is 13.7 Å². The molecule has 0 radical (unpaired) electrons. The van der Waals surface area contributed by atoms with E-state index in [2.05, 4.69) is 38.1 Å². The quantitative estimate of drug-likeness (QED) is 0.571. The summed E-state index contributed by atoms with van der Waals surface area (Å²) < 4.78 is 11.7. The van der Waals surface area contributed by atoms with Gasteiger partial charge in [-0.1, -0.05) is 60.7 Å². The Morgan fingerprint density at radius 2 is 1.36 bits per heavy atom. The number of benzene rings is 2. The van der Waals surface area contributed by atoms with Crippen molar-refractivity contribution in [3.05, 3.63) is 60.7 Å². The average molecular weight is 335 g/mol. The largest absolute Gasteiger partial charge is 0.391 e. The van der Waals surface area contributed by atoms with Gasteiger partial charge in [0.15, 0.2) is 0 Å². The molecule has 118 valence electrons. The van der Waals surface area contributed by atoms with Crippen LogP contribution < -0.4 is 10.4 Å². The van der Waals surface area contributed by atoms with E-state index in [0.29, 0.717) is 6.61 Å². The van der Waals surface area contributed by atoms with Crippen LogP contribution >= 0.6 is 11.1 Å². The van der Waals surface area contributed by atoms with Crippen LogP contribution in [0, 0.1) is 0 Å². The number of halogens is 1. The van der Waals surface area contributed by atoms with E-state index in [0.717, 1.165) is 16.8 Å². The van der Waals surface area contributed by atoms with Crippen LogP contribution in [0.15, 0.2) is 60.7 Å². The van der Waals surface area contributed by atoms with Crippen LogP contribution in [0.5, 0.6) is 0 Å². The maximum Gasteiger partial charge on any atom is 0.355 e. The minimum atomic E-state index is -2.77. The fraction of sp³-hybridized carbons (Fsp3) is 0.333. The van der Waals surface area contributed by atoms with Crippen molar-refractivity contribution in [2.24, 2.45) is 0 Å². The molecule has 2 aromatic carbocycles. The summed E-state index contributed by atoms with van der Waals surface area (Å²) in [4.78, 5) is 0. The van der Waals surface area contributed by atoms with Crippen molar-refractivity contribution < 1.29 is 9.16 Å². The van der Waals surface area contributed by atoms with Crippen molar-refractivity contribution in [2.45, 2.75) is 25.9 Å². The van der Waals surface area contributed by atoms with Gasteiger partial charge in [-0.15, -0.1) is 11.1 Å². The summed E-state index contributed by atoms with van der Waals surface area (Å²) in [6.45, 7) is 4.79. The second-order valence-electron chi connectivity index (χ2n) is 5.93. The molecule has 2 aromatic rings. The highest BCUT2D eigenvalue weighted by Gasteiger charge is 2.42. The van der Waals surface area contributed by atoms with Crippen molar-refractivity contribution in [1.82, 2.24) is 0 Å². The first-order valence-corrected chi connectivity index (χ1v) is 10.4. The zero-order valence-corrected chi connectivity index (χ0v) is 15.1. The molecule has 0 N–H and O–H groups in total. The molecule has 0 aliphatic heterocycles. The van der Waals surface area contributed by atoms with Crippen LogP contribution in [0.1, 0.15) is 20.3 Å². The third-order valence-electron chi connectivity index (χ3n) is 3.62. The SMILES string of the molecule is COCCC(C)(C)O[Si](Cl)(c1ccccc1)c1ccccc1. The number of ether oxygens (including phenoxy) is 1. The van der Waals surface area contributed by atoms with Crippen molar-refractivity contribution in [3.8, 4) is 0 Å². The maximum atomic E-state index is 7.13. The number of hydrogen-bond acceptors (Lipinski definition) is 2. The molecule has 0 saturated heterocycles. The van der Waals surface area contributed by atoms with E-state index in [9.17, 15) is 0 Å². The Labute approximate surface area is 138 Å². The van der Waals surface area contributed by atoms with Crippen LogP contribution in [-0.4, -0.2) is 26.9 Å². The Balaban J connectivity index is 2.39. The van der Waals surface area contributed by atoms with E-state index >= 15 is 0 Å². The van der Waals surface area contributed by atoms with Gasteiger partial charge < -0.3 is 9.16 Å². The normalized spacial score (nSPS) is 12.4. The Morgan fingerprint density at radius 1 is 0.909 bits per heavy atom. The van der Waals surface area contributed by atoms with Crippen LogP contribution in [0.4, 0.5) is 0 Å². The highest BCUT2D eigenvalue weighted by molar-refractivity contribution is 7.30. The van der Waals surface area contributed by atoms with E-state index < -0.39 is 7.63 Å². The second-order valence-corrected chi connectivity index (χ2v) is 10.1. The molecule has 0 unspecified atom stereocenters.